The summed E-state index contributed by atoms with van der Waals surface area (Å²) in [5.41, 5.74) is 1.62. The van der Waals surface area contributed by atoms with Crippen molar-refractivity contribution in [2.45, 2.75) is 13.0 Å². The second-order valence-electron chi connectivity index (χ2n) is 6.51. The van der Waals surface area contributed by atoms with E-state index in [1.54, 1.807) is 38.4 Å². The fourth-order valence-electron chi connectivity index (χ4n) is 3.24. The predicted octanol–water partition coefficient (Wildman–Crippen LogP) is 2.38. The number of ether oxygens (including phenoxy) is 3. The number of anilines is 1. The third-order valence-electron chi connectivity index (χ3n) is 4.78. The molecule has 0 spiro atoms. The van der Waals surface area contributed by atoms with E-state index >= 15 is 0 Å². The highest BCUT2D eigenvalue weighted by Crippen LogP contribution is 2.29. The molecule has 7 heteroatoms. The van der Waals surface area contributed by atoms with Crippen LogP contribution in [0.5, 0.6) is 17.2 Å². The Kier molecular flexibility index (Phi) is 6.03. The summed E-state index contributed by atoms with van der Waals surface area (Å²) in [5.74, 6) is 1.31. The molecule has 0 radical (unpaired) electrons. The van der Waals surface area contributed by atoms with Crippen LogP contribution in [0, 0.1) is 5.92 Å². The van der Waals surface area contributed by atoms with Crippen molar-refractivity contribution in [3.63, 3.8) is 0 Å². The van der Waals surface area contributed by atoms with Crippen molar-refractivity contribution in [1.82, 2.24) is 5.32 Å². The lowest BCUT2D eigenvalue weighted by Crippen LogP contribution is -2.32. The van der Waals surface area contributed by atoms with Gasteiger partial charge in [0.05, 0.1) is 27.2 Å². The maximum Gasteiger partial charge on any atom is 0.227 e. The lowest BCUT2D eigenvalue weighted by Gasteiger charge is -2.17. The molecule has 0 bridgehead atoms. The monoisotopic (exact) mass is 384 g/mol. The van der Waals surface area contributed by atoms with E-state index in [1.165, 1.54) is 0 Å². The molecule has 7 nitrogen and oxygen atoms in total. The maximum atomic E-state index is 12.6. The Morgan fingerprint density at radius 3 is 2.57 bits per heavy atom. The van der Waals surface area contributed by atoms with Crippen molar-refractivity contribution in [1.29, 1.82) is 0 Å². The van der Waals surface area contributed by atoms with Gasteiger partial charge in [0.1, 0.15) is 5.75 Å². The minimum Gasteiger partial charge on any atom is -0.497 e. The molecule has 2 aromatic rings. The van der Waals surface area contributed by atoms with E-state index in [2.05, 4.69) is 5.32 Å². The fourth-order valence-corrected chi connectivity index (χ4v) is 3.24. The molecule has 2 aromatic carbocycles. The lowest BCUT2D eigenvalue weighted by atomic mass is 10.1. The van der Waals surface area contributed by atoms with Gasteiger partial charge in [0.25, 0.3) is 0 Å². The molecule has 1 heterocycles. The summed E-state index contributed by atoms with van der Waals surface area (Å²) in [7, 11) is 4.72. The van der Waals surface area contributed by atoms with Gasteiger partial charge < -0.3 is 24.4 Å². The highest BCUT2D eigenvalue weighted by Gasteiger charge is 2.35. The van der Waals surface area contributed by atoms with Crippen LogP contribution in [0.2, 0.25) is 0 Å². The van der Waals surface area contributed by atoms with Gasteiger partial charge in [-0.2, -0.15) is 0 Å². The summed E-state index contributed by atoms with van der Waals surface area (Å²) < 4.78 is 15.7. The molecule has 1 saturated heterocycles. The van der Waals surface area contributed by atoms with Gasteiger partial charge in [0.2, 0.25) is 11.8 Å². The number of hydrogen-bond acceptors (Lipinski definition) is 5. The zero-order valence-corrected chi connectivity index (χ0v) is 16.2. The van der Waals surface area contributed by atoms with E-state index in [1.807, 2.05) is 30.3 Å². The van der Waals surface area contributed by atoms with Crippen LogP contribution in [-0.4, -0.2) is 39.7 Å². The number of benzene rings is 2. The van der Waals surface area contributed by atoms with Crippen LogP contribution in [-0.2, 0) is 16.1 Å². The first-order valence-corrected chi connectivity index (χ1v) is 8.98. The van der Waals surface area contributed by atoms with E-state index in [-0.39, 0.29) is 24.2 Å². The largest absolute Gasteiger partial charge is 0.497 e. The Balaban J connectivity index is 1.62. The molecule has 1 atom stereocenters. The van der Waals surface area contributed by atoms with Crippen LogP contribution in [0.3, 0.4) is 0 Å². The molecule has 0 saturated carbocycles. The van der Waals surface area contributed by atoms with Crippen LogP contribution < -0.4 is 24.4 Å². The molecule has 1 aliphatic heterocycles. The van der Waals surface area contributed by atoms with Gasteiger partial charge in [-0.15, -0.1) is 0 Å². The topological polar surface area (TPSA) is 77.1 Å². The molecule has 148 valence electrons. The van der Waals surface area contributed by atoms with Crippen molar-refractivity contribution >= 4 is 17.5 Å². The molecule has 2 amide bonds. The van der Waals surface area contributed by atoms with Crippen molar-refractivity contribution in [2.75, 3.05) is 32.8 Å². The average molecular weight is 384 g/mol. The third-order valence-corrected chi connectivity index (χ3v) is 4.78. The van der Waals surface area contributed by atoms with Crippen LogP contribution in [0.4, 0.5) is 5.69 Å². The Hall–Kier alpha value is -3.22. The first-order valence-electron chi connectivity index (χ1n) is 8.98. The molecule has 0 aromatic heterocycles. The molecule has 1 N–H and O–H groups in total. The van der Waals surface area contributed by atoms with Gasteiger partial charge in [-0.05, 0) is 29.8 Å². The number of rotatable bonds is 7. The standard InChI is InChI=1S/C21H24N2O5/c1-26-17-6-4-5-16(11-17)23-13-15(10-20(23)24)21(25)22-12-14-7-8-18(27-2)19(9-14)28-3/h4-9,11,15H,10,12-13H2,1-3H3,(H,22,25). The predicted molar refractivity (Wildman–Crippen MR) is 105 cm³/mol. The Morgan fingerprint density at radius 1 is 1.07 bits per heavy atom. The Labute approximate surface area is 164 Å². The van der Waals surface area contributed by atoms with Crippen molar-refractivity contribution < 1.29 is 23.8 Å². The van der Waals surface area contributed by atoms with Crippen LogP contribution >= 0.6 is 0 Å². The van der Waals surface area contributed by atoms with E-state index in [9.17, 15) is 9.59 Å². The zero-order chi connectivity index (χ0) is 20.1. The summed E-state index contributed by atoms with van der Waals surface area (Å²) in [6.07, 6.45) is 0.189. The lowest BCUT2D eigenvalue weighted by molar-refractivity contribution is -0.126. The summed E-state index contributed by atoms with van der Waals surface area (Å²) in [6.45, 7) is 0.701. The third kappa shape index (κ3) is 4.19. The number of nitrogens with zero attached hydrogens (tertiary/aromatic N) is 1. The van der Waals surface area contributed by atoms with E-state index in [0.29, 0.717) is 30.3 Å². The number of carbonyl (C=O) groups excluding carboxylic acids is 2. The van der Waals surface area contributed by atoms with Gasteiger partial charge in [-0.1, -0.05) is 12.1 Å². The zero-order valence-electron chi connectivity index (χ0n) is 16.2. The molecule has 28 heavy (non-hydrogen) atoms. The second kappa shape index (κ2) is 8.65. The first-order chi connectivity index (χ1) is 13.5. The van der Waals surface area contributed by atoms with E-state index < -0.39 is 0 Å². The van der Waals surface area contributed by atoms with Gasteiger partial charge in [-0.25, -0.2) is 0 Å². The van der Waals surface area contributed by atoms with Crippen molar-refractivity contribution in [2.24, 2.45) is 5.92 Å². The number of amides is 2. The quantitative estimate of drug-likeness (QED) is 0.793. The highest BCUT2D eigenvalue weighted by molar-refractivity contribution is 6.00. The maximum absolute atomic E-state index is 12.6. The first kappa shape index (κ1) is 19.5. The normalized spacial score (nSPS) is 16.0. The minimum absolute atomic E-state index is 0.0699. The van der Waals surface area contributed by atoms with Crippen molar-refractivity contribution in [3.8, 4) is 17.2 Å². The van der Waals surface area contributed by atoms with Crippen LogP contribution in [0.15, 0.2) is 42.5 Å². The fraction of sp³-hybridized carbons (Fsp3) is 0.333. The summed E-state index contributed by atoms with van der Waals surface area (Å²) in [4.78, 5) is 26.6. The number of carbonyl (C=O) groups is 2. The smallest absolute Gasteiger partial charge is 0.227 e. The number of hydrogen-bond donors (Lipinski definition) is 1. The molecular weight excluding hydrogens is 360 g/mol. The summed E-state index contributed by atoms with van der Waals surface area (Å²) in [6, 6.07) is 12.8. The number of nitrogens with one attached hydrogen (secondary N) is 1. The van der Waals surface area contributed by atoms with E-state index in [0.717, 1.165) is 11.3 Å². The summed E-state index contributed by atoms with van der Waals surface area (Å²) in [5, 5.41) is 2.91. The molecule has 1 aliphatic rings. The van der Waals surface area contributed by atoms with Crippen LogP contribution in [0.25, 0.3) is 0 Å². The average Bonchev–Trinajstić information content (AvgIpc) is 3.13. The Morgan fingerprint density at radius 2 is 1.86 bits per heavy atom. The van der Waals surface area contributed by atoms with E-state index in [4.69, 9.17) is 14.2 Å². The SMILES string of the molecule is COc1cccc(N2CC(C(=O)NCc3ccc(OC)c(OC)c3)CC2=O)c1. The van der Waals surface area contributed by atoms with Gasteiger partial charge in [0.15, 0.2) is 11.5 Å². The minimum atomic E-state index is -0.390. The highest BCUT2D eigenvalue weighted by atomic mass is 16.5. The molecule has 1 unspecified atom stereocenters. The summed E-state index contributed by atoms with van der Waals surface area (Å²) >= 11 is 0. The van der Waals surface area contributed by atoms with Gasteiger partial charge in [-0.3, -0.25) is 9.59 Å². The molecule has 3 rings (SSSR count). The second-order valence-corrected chi connectivity index (χ2v) is 6.51. The van der Waals surface area contributed by atoms with Crippen LogP contribution in [0.1, 0.15) is 12.0 Å². The molecular formula is C21H24N2O5. The van der Waals surface area contributed by atoms with Crippen molar-refractivity contribution in [3.05, 3.63) is 48.0 Å². The Bertz CT molecular complexity index is 868. The number of methoxy groups -OCH3 is 3. The molecule has 0 aliphatic carbocycles. The van der Waals surface area contributed by atoms with Gasteiger partial charge in [0, 0.05) is 31.3 Å². The van der Waals surface area contributed by atoms with Gasteiger partial charge >= 0.3 is 0 Å². The molecule has 1 fully saturated rings.